The van der Waals surface area contributed by atoms with Crippen molar-refractivity contribution >= 4 is 28.8 Å². The number of hydrogen-bond acceptors (Lipinski definition) is 6. The number of anilines is 1. The van der Waals surface area contributed by atoms with Gasteiger partial charge in [0.1, 0.15) is 11.3 Å². The molecule has 0 spiro atoms. The highest BCUT2D eigenvalue weighted by Crippen LogP contribution is 2.16. The summed E-state index contributed by atoms with van der Waals surface area (Å²) < 4.78 is 11.8. The van der Waals surface area contributed by atoms with Crippen molar-refractivity contribution in [2.45, 2.75) is 19.4 Å². The second kappa shape index (κ2) is 8.08. The van der Waals surface area contributed by atoms with Gasteiger partial charge in [-0.25, -0.2) is 14.5 Å². The molecule has 4 rings (SSSR count). The van der Waals surface area contributed by atoms with E-state index in [9.17, 15) is 14.4 Å². The number of fused-ring (bicyclic) bond motifs is 1. The highest BCUT2D eigenvalue weighted by Gasteiger charge is 2.23. The van der Waals surface area contributed by atoms with E-state index >= 15 is 0 Å². The van der Waals surface area contributed by atoms with Gasteiger partial charge in [-0.05, 0) is 36.8 Å². The van der Waals surface area contributed by atoms with E-state index in [0.717, 1.165) is 0 Å². The van der Waals surface area contributed by atoms with Gasteiger partial charge in [0, 0.05) is 6.07 Å². The van der Waals surface area contributed by atoms with Crippen LogP contribution < -0.4 is 10.9 Å². The lowest BCUT2D eigenvalue weighted by molar-refractivity contribution is -0.124. The zero-order valence-electron chi connectivity index (χ0n) is 16.0. The Bertz CT molecular complexity index is 1260. The Morgan fingerprint density at radius 2 is 2.00 bits per heavy atom. The lowest BCUT2D eigenvalue weighted by Gasteiger charge is -2.15. The monoisotopic (exact) mass is 406 g/mol. The summed E-state index contributed by atoms with van der Waals surface area (Å²) in [6.45, 7) is 1.72. The molecule has 4 aromatic rings. The number of esters is 1. The molecule has 30 heavy (non-hydrogen) atoms. The molecule has 1 amide bonds. The smallest absolute Gasteiger partial charge is 0.339 e. The number of oxazole rings is 1. The fourth-order valence-corrected chi connectivity index (χ4v) is 2.94. The molecule has 1 atom stereocenters. The molecule has 2 aromatic carbocycles. The number of carbonyl (C=O) groups excluding carboxylic acids is 2. The van der Waals surface area contributed by atoms with E-state index in [1.807, 2.05) is 6.07 Å². The Labute approximate surface area is 170 Å². The first-order chi connectivity index (χ1) is 14.5. The maximum Gasteiger partial charge on any atom is 0.339 e. The van der Waals surface area contributed by atoms with Gasteiger partial charge in [-0.3, -0.25) is 14.7 Å². The number of rotatable bonds is 6. The third-order valence-corrected chi connectivity index (χ3v) is 4.47. The number of para-hydroxylation sites is 1. The van der Waals surface area contributed by atoms with Crippen molar-refractivity contribution in [3.63, 3.8) is 0 Å². The van der Waals surface area contributed by atoms with Crippen LogP contribution >= 0.6 is 0 Å². The van der Waals surface area contributed by atoms with Crippen LogP contribution in [0.3, 0.4) is 0 Å². The Kier molecular flexibility index (Phi) is 5.17. The van der Waals surface area contributed by atoms with Crippen LogP contribution in [-0.2, 0) is 9.53 Å². The predicted molar refractivity (Wildman–Crippen MR) is 109 cm³/mol. The average Bonchev–Trinajstić information content (AvgIpc) is 3.37. The first-order valence-corrected chi connectivity index (χ1v) is 9.27. The number of nitrogens with zero attached hydrogens (tertiary/aromatic N) is 2. The molecule has 152 valence electrons. The van der Waals surface area contributed by atoms with E-state index in [4.69, 9.17) is 9.15 Å². The molecule has 9 heteroatoms. The van der Waals surface area contributed by atoms with Crippen molar-refractivity contribution in [1.29, 1.82) is 0 Å². The number of H-pyrrole nitrogens is 1. The zero-order chi connectivity index (χ0) is 21.1. The summed E-state index contributed by atoms with van der Waals surface area (Å²) in [5.41, 5.74) is 1.60. The van der Waals surface area contributed by atoms with Crippen molar-refractivity contribution in [3.05, 3.63) is 76.9 Å². The number of hydrogen-bond donors (Lipinski definition) is 2. The number of aromatic nitrogens is 3. The minimum atomic E-state index is -1.04. The number of ether oxygens (including phenoxy) is 1. The quantitative estimate of drug-likeness (QED) is 0.475. The molecule has 0 aliphatic heterocycles. The van der Waals surface area contributed by atoms with Gasteiger partial charge in [-0.15, -0.1) is 0 Å². The van der Waals surface area contributed by atoms with Gasteiger partial charge < -0.3 is 14.5 Å². The van der Waals surface area contributed by atoms with Crippen molar-refractivity contribution in [2.24, 2.45) is 0 Å². The second-order valence-electron chi connectivity index (χ2n) is 6.51. The molecule has 9 nitrogen and oxygen atoms in total. The van der Waals surface area contributed by atoms with E-state index in [2.05, 4.69) is 15.4 Å². The van der Waals surface area contributed by atoms with E-state index in [0.29, 0.717) is 16.8 Å². The average molecular weight is 406 g/mol. The van der Waals surface area contributed by atoms with Gasteiger partial charge in [0.2, 0.25) is 0 Å². The van der Waals surface area contributed by atoms with Crippen LogP contribution in [0.1, 0.15) is 23.7 Å². The SMILES string of the molecule is CCC(OC(=O)c1ccc2ncoc2c1)C(=O)Nc1cc(=O)n(-c2ccccc2)[nH]1. The van der Waals surface area contributed by atoms with Crippen LogP contribution in [0.25, 0.3) is 16.8 Å². The van der Waals surface area contributed by atoms with Crippen molar-refractivity contribution in [2.75, 3.05) is 5.32 Å². The van der Waals surface area contributed by atoms with Crippen LogP contribution in [0, 0.1) is 0 Å². The van der Waals surface area contributed by atoms with E-state index in [-0.39, 0.29) is 23.4 Å². The van der Waals surface area contributed by atoms with Crippen molar-refractivity contribution in [1.82, 2.24) is 14.8 Å². The Balaban J connectivity index is 1.46. The molecule has 0 aliphatic carbocycles. The van der Waals surface area contributed by atoms with Gasteiger partial charge in [0.15, 0.2) is 18.1 Å². The largest absolute Gasteiger partial charge is 0.449 e. The van der Waals surface area contributed by atoms with Gasteiger partial charge in [0.05, 0.1) is 11.3 Å². The summed E-state index contributed by atoms with van der Waals surface area (Å²) in [4.78, 5) is 41.2. The predicted octanol–water partition coefficient (Wildman–Crippen LogP) is 2.88. The van der Waals surface area contributed by atoms with Crippen LogP contribution in [0.15, 0.2) is 70.2 Å². The molecule has 0 saturated heterocycles. The fourth-order valence-electron chi connectivity index (χ4n) is 2.94. The van der Waals surface area contributed by atoms with Crippen LogP contribution in [-0.4, -0.2) is 32.7 Å². The lowest BCUT2D eigenvalue weighted by Crippen LogP contribution is -2.32. The summed E-state index contributed by atoms with van der Waals surface area (Å²) in [6.07, 6.45) is 0.502. The molecular formula is C21H18N4O5. The molecule has 1 unspecified atom stereocenters. The Hall–Kier alpha value is -4.14. The zero-order valence-corrected chi connectivity index (χ0v) is 16.0. The van der Waals surface area contributed by atoms with Gasteiger partial charge in [0.25, 0.3) is 11.5 Å². The van der Waals surface area contributed by atoms with Crippen LogP contribution in [0.5, 0.6) is 0 Å². The number of amides is 1. The molecule has 0 bridgehead atoms. The fraction of sp³-hybridized carbons (Fsp3) is 0.143. The first kappa shape index (κ1) is 19.2. The molecule has 0 fully saturated rings. The van der Waals surface area contributed by atoms with Crippen molar-refractivity contribution < 1.29 is 18.7 Å². The minimum Gasteiger partial charge on any atom is -0.449 e. The number of carbonyl (C=O) groups is 2. The van der Waals surface area contributed by atoms with Gasteiger partial charge in [-0.2, -0.15) is 0 Å². The van der Waals surface area contributed by atoms with Gasteiger partial charge in [-0.1, -0.05) is 25.1 Å². The molecular weight excluding hydrogens is 388 g/mol. The first-order valence-electron chi connectivity index (χ1n) is 9.27. The van der Waals surface area contributed by atoms with E-state index < -0.39 is 18.0 Å². The molecule has 0 saturated carbocycles. The molecule has 2 aromatic heterocycles. The van der Waals surface area contributed by atoms with Crippen LogP contribution in [0.2, 0.25) is 0 Å². The summed E-state index contributed by atoms with van der Waals surface area (Å²) >= 11 is 0. The Morgan fingerprint density at radius 1 is 1.20 bits per heavy atom. The number of benzene rings is 2. The number of nitrogens with one attached hydrogen (secondary N) is 2. The standard InChI is InChI=1S/C21H18N4O5/c1-2-16(30-21(28)13-8-9-15-17(10-13)29-12-22-15)20(27)23-18-11-19(26)25(24-18)14-6-4-3-5-7-14/h3-12,16,24H,2H2,1H3,(H,23,27). The van der Waals surface area contributed by atoms with E-state index in [1.54, 1.807) is 43.3 Å². The summed E-state index contributed by atoms with van der Waals surface area (Å²) in [7, 11) is 0. The van der Waals surface area contributed by atoms with Crippen molar-refractivity contribution in [3.8, 4) is 5.69 Å². The molecule has 0 aliphatic rings. The third-order valence-electron chi connectivity index (χ3n) is 4.47. The summed E-state index contributed by atoms with van der Waals surface area (Å²) in [6, 6.07) is 14.9. The number of aromatic amines is 1. The molecule has 2 N–H and O–H groups in total. The normalized spacial score (nSPS) is 11.9. The molecule has 0 radical (unpaired) electrons. The maximum atomic E-state index is 12.6. The third kappa shape index (κ3) is 3.86. The second-order valence-corrected chi connectivity index (χ2v) is 6.51. The minimum absolute atomic E-state index is 0.200. The lowest BCUT2D eigenvalue weighted by atomic mass is 10.2. The summed E-state index contributed by atoms with van der Waals surface area (Å²) in [5, 5.41) is 5.41. The highest BCUT2D eigenvalue weighted by molar-refractivity contribution is 5.98. The van der Waals surface area contributed by atoms with E-state index in [1.165, 1.54) is 23.2 Å². The van der Waals surface area contributed by atoms with Crippen LogP contribution in [0.4, 0.5) is 5.82 Å². The summed E-state index contributed by atoms with van der Waals surface area (Å²) in [5.74, 6) is -1.01. The topological polar surface area (TPSA) is 119 Å². The highest BCUT2D eigenvalue weighted by atomic mass is 16.5. The Morgan fingerprint density at radius 3 is 2.77 bits per heavy atom. The van der Waals surface area contributed by atoms with Gasteiger partial charge >= 0.3 is 5.97 Å². The molecule has 2 heterocycles. The maximum absolute atomic E-state index is 12.6.